The van der Waals surface area contributed by atoms with Crippen molar-refractivity contribution >= 4 is 17.9 Å². The van der Waals surface area contributed by atoms with Crippen molar-refractivity contribution in [2.24, 2.45) is 0 Å². The Balaban J connectivity index is 4.29. The third-order valence-corrected chi connectivity index (χ3v) is 14.7. The second-order valence-electron chi connectivity index (χ2n) is 22.3. The minimum Gasteiger partial charge on any atom is -0.462 e. The van der Waals surface area contributed by atoms with E-state index in [1.807, 2.05) is 0 Å². The molecule has 446 valence electrons. The van der Waals surface area contributed by atoms with Crippen LogP contribution in [0.4, 0.5) is 0 Å². The predicted molar refractivity (Wildman–Crippen MR) is 335 cm³/mol. The first kappa shape index (κ1) is 73.8. The van der Waals surface area contributed by atoms with Crippen molar-refractivity contribution in [3.63, 3.8) is 0 Å². The Bertz CT molecular complexity index is 1420. The summed E-state index contributed by atoms with van der Waals surface area (Å²) in [4.78, 5) is 38.3. The van der Waals surface area contributed by atoms with Crippen LogP contribution in [0.5, 0.6) is 0 Å². The maximum absolute atomic E-state index is 12.9. The van der Waals surface area contributed by atoms with Gasteiger partial charge in [0.05, 0.1) is 0 Å². The fraction of sp³-hybridized carbons (Fsp3) is 0.789. The molecule has 77 heavy (non-hydrogen) atoms. The molecule has 0 aliphatic heterocycles. The molecule has 6 nitrogen and oxygen atoms in total. The maximum atomic E-state index is 12.9. The van der Waals surface area contributed by atoms with Crippen LogP contribution in [0, 0.1) is 0 Å². The van der Waals surface area contributed by atoms with Gasteiger partial charge in [-0.05, 0) is 109 Å². The minimum atomic E-state index is -0.784. The zero-order chi connectivity index (χ0) is 55.7. The summed E-state index contributed by atoms with van der Waals surface area (Å²) in [5.41, 5.74) is 0. The average Bonchev–Trinajstić information content (AvgIpc) is 3.43. The lowest BCUT2D eigenvalue weighted by Gasteiger charge is -2.18. The third-order valence-electron chi connectivity index (χ3n) is 14.7. The van der Waals surface area contributed by atoms with E-state index in [1.54, 1.807) is 0 Å². The Hall–Kier alpha value is -3.15. The summed E-state index contributed by atoms with van der Waals surface area (Å²) in [6, 6.07) is 0. The molecule has 0 saturated carbocycles. The predicted octanol–water partition coefficient (Wildman–Crippen LogP) is 22.9. The van der Waals surface area contributed by atoms with Crippen LogP contribution in [0.15, 0.2) is 72.9 Å². The van der Waals surface area contributed by atoms with Gasteiger partial charge in [0.15, 0.2) is 6.10 Å². The number of ether oxygens (including phenoxy) is 3. The summed E-state index contributed by atoms with van der Waals surface area (Å²) >= 11 is 0. The highest BCUT2D eigenvalue weighted by Gasteiger charge is 2.19. The molecule has 0 spiro atoms. The van der Waals surface area contributed by atoms with E-state index in [4.69, 9.17) is 14.2 Å². The van der Waals surface area contributed by atoms with E-state index < -0.39 is 6.10 Å². The Morgan fingerprint density at radius 1 is 0.273 bits per heavy atom. The van der Waals surface area contributed by atoms with Crippen LogP contribution < -0.4 is 0 Å². The van der Waals surface area contributed by atoms with Gasteiger partial charge >= 0.3 is 17.9 Å². The standard InChI is InChI=1S/C71H126O6/c1-4-7-10-13-16-19-22-25-27-29-31-33-34-35-36-38-39-41-43-46-49-52-55-58-61-64-70(73)76-67-68(66-75-69(72)63-60-57-54-51-48-45-24-21-18-15-12-9-6-3)77-71(74)65-62-59-56-53-50-47-44-42-40-37-32-30-28-26-23-20-17-14-11-8-5-2/h8,11,17,20-21,24,26,28-29,31-32,37,68H,4-7,9-10,12-16,18-19,22-23,25,27,30,33-36,38-67H2,1-3H3/b11-8-,20-17-,24-21-,28-26-,31-29-,37-32-. The van der Waals surface area contributed by atoms with Crippen molar-refractivity contribution in [1.29, 1.82) is 0 Å². The van der Waals surface area contributed by atoms with Gasteiger partial charge in [-0.2, -0.15) is 0 Å². The van der Waals surface area contributed by atoms with Crippen LogP contribution in [0.3, 0.4) is 0 Å². The van der Waals surface area contributed by atoms with Crippen molar-refractivity contribution in [1.82, 2.24) is 0 Å². The summed E-state index contributed by atoms with van der Waals surface area (Å²) in [5.74, 6) is -0.881. The van der Waals surface area contributed by atoms with Gasteiger partial charge in [0.25, 0.3) is 0 Å². The number of unbranched alkanes of at least 4 members (excludes halogenated alkanes) is 38. The fourth-order valence-corrected chi connectivity index (χ4v) is 9.66. The van der Waals surface area contributed by atoms with Gasteiger partial charge in [-0.15, -0.1) is 0 Å². The molecule has 0 aromatic heterocycles. The molecule has 0 rings (SSSR count). The SMILES string of the molecule is CC/C=C\C/C=C\C/C=C\C/C=C\CCCCCCCCCCC(=O)OC(COC(=O)CCCCCCC/C=C\CCCCCC)COC(=O)CCCCCCCCCCCCCCC/C=C\CCCCCCCCCC. The zero-order valence-electron chi connectivity index (χ0n) is 51.2. The van der Waals surface area contributed by atoms with Gasteiger partial charge in [0.1, 0.15) is 13.2 Å². The van der Waals surface area contributed by atoms with Gasteiger partial charge in [-0.3, -0.25) is 14.4 Å². The molecule has 0 aliphatic carbocycles. The highest BCUT2D eigenvalue weighted by Crippen LogP contribution is 2.17. The van der Waals surface area contributed by atoms with E-state index in [1.165, 1.54) is 205 Å². The number of carbonyl (C=O) groups is 3. The molecule has 0 saturated heterocycles. The van der Waals surface area contributed by atoms with Crippen LogP contribution in [-0.2, 0) is 28.6 Å². The van der Waals surface area contributed by atoms with E-state index in [0.717, 1.165) is 96.3 Å². The Kier molecular flexibility index (Phi) is 62.7. The fourth-order valence-electron chi connectivity index (χ4n) is 9.66. The van der Waals surface area contributed by atoms with Crippen LogP contribution in [0.2, 0.25) is 0 Å². The van der Waals surface area contributed by atoms with E-state index in [2.05, 4.69) is 93.7 Å². The molecule has 0 bridgehead atoms. The monoisotopic (exact) mass is 1070 g/mol. The van der Waals surface area contributed by atoms with Gasteiger partial charge < -0.3 is 14.2 Å². The molecule has 1 unspecified atom stereocenters. The van der Waals surface area contributed by atoms with Crippen molar-refractivity contribution in [2.45, 2.75) is 348 Å². The van der Waals surface area contributed by atoms with Crippen LogP contribution in [0.25, 0.3) is 0 Å². The summed E-state index contributed by atoms with van der Waals surface area (Å²) in [6.07, 6.45) is 84.9. The number of rotatable bonds is 61. The van der Waals surface area contributed by atoms with Crippen molar-refractivity contribution in [3.05, 3.63) is 72.9 Å². The van der Waals surface area contributed by atoms with E-state index in [0.29, 0.717) is 19.3 Å². The third kappa shape index (κ3) is 63.6. The minimum absolute atomic E-state index is 0.0793. The van der Waals surface area contributed by atoms with Gasteiger partial charge in [0, 0.05) is 19.3 Å². The average molecular weight is 1080 g/mol. The normalized spacial score (nSPS) is 12.5. The molecule has 1 atom stereocenters. The zero-order valence-corrected chi connectivity index (χ0v) is 51.2. The van der Waals surface area contributed by atoms with Crippen LogP contribution >= 0.6 is 0 Å². The number of carbonyl (C=O) groups excluding carboxylic acids is 3. The number of hydrogen-bond donors (Lipinski definition) is 0. The second kappa shape index (κ2) is 65.4. The lowest BCUT2D eigenvalue weighted by atomic mass is 10.0. The largest absolute Gasteiger partial charge is 0.462 e. The number of hydrogen-bond acceptors (Lipinski definition) is 6. The van der Waals surface area contributed by atoms with E-state index in [-0.39, 0.29) is 31.1 Å². The molecule has 0 aromatic rings. The lowest BCUT2D eigenvalue weighted by molar-refractivity contribution is -0.167. The number of esters is 3. The van der Waals surface area contributed by atoms with Crippen molar-refractivity contribution < 1.29 is 28.6 Å². The molecule has 0 N–H and O–H groups in total. The summed E-state index contributed by atoms with van der Waals surface area (Å²) < 4.78 is 16.9. The first-order valence-electron chi connectivity index (χ1n) is 33.4. The van der Waals surface area contributed by atoms with Crippen LogP contribution in [-0.4, -0.2) is 37.2 Å². The van der Waals surface area contributed by atoms with Crippen molar-refractivity contribution in [3.8, 4) is 0 Å². The van der Waals surface area contributed by atoms with Gasteiger partial charge in [-0.1, -0.05) is 286 Å². The topological polar surface area (TPSA) is 78.9 Å². The lowest BCUT2D eigenvalue weighted by Crippen LogP contribution is -2.30. The quantitative estimate of drug-likeness (QED) is 0.0261. The highest BCUT2D eigenvalue weighted by atomic mass is 16.6. The van der Waals surface area contributed by atoms with Gasteiger partial charge in [0.2, 0.25) is 0 Å². The van der Waals surface area contributed by atoms with E-state index in [9.17, 15) is 14.4 Å². The molecule has 0 amide bonds. The molecular formula is C71H126O6. The molecular weight excluding hydrogens is 949 g/mol. The first-order chi connectivity index (χ1) is 38.0. The maximum Gasteiger partial charge on any atom is 0.306 e. The summed E-state index contributed by atoms with van der Waals surface area (Å²) in [5, 5.41) is 0. The first-order valence-corrected chi connectivity index (χ1v) is 33.4. The summed E-state index contributed by atoms with van der Waals surface area (Å²) in [6.45, 7) is 6.54. The molecule has 0 radical (unpaired) electrons. The number of allylic oxidation sites excluding steroid dienone is 12. The van der Waals surface area contributed by atoms with Crippen molar-refractivity contribution in [2.75, 3.05) is 13.2 Å². The van der Waals surface area contributed by atoms with Gasteiger partial charge in [-0.25, -0.2) is 0 Å². The smallest absolute Gasteiger partial charge is 0.306 e. The highest BCUT2D eigenvalue weighted by molar-refractivity contribution is 5.71. The Morgan fingerprint density at radius 3 is 0.818 bits per heavy atom. The molecule has 0 aliphatic rings. The molecule has 6 heteroatoms. The Morgan fingerprint density at radius 2 is 0.506 bits per heavy atom. The molecule has 0 heterocycles. The summed E-state index contributed by atoms with van der Waals surface area (Å²) in [7, 11) is 0. The molecule has 0 fully saturated rings. The second-order valence-corrected chi connectivity index (χ2v) is 22.3. The molecule has 0 aromatic carbocycles. The van der Waals surface area contributed by atoms with E-state index >= 15 is 0 Å². The van der Waals surface area contributed by atoms with Crippen LogP contribution in [0.1, 0.15) is 342 Å². The Labute approximate surface area is 478 Å².